The van der Waals surface area contributed by atoms with E-state index >= 15 is 0 Å². The predicted molar refractivity (Wildman–Crippen MR) is 117 cm³/mol. The van der Waals surface area contributed by atoms with Crippen molar-refractivity contribution in [2.75, 3.05) is 14.2 Å². The third-order valence-corrected chi connectivity index (χ3v) is 5.26. The zero-order chi connectivity index (χ0) is 22.0. The fourth-order valence-electron chi connectivity index (χ4n) is 3.62. The topological polar surface area (TPSA) is 87.7 Å². The summed E-state index contributed by atoms with van der Waals surface area (Å²) < 4.78 is 13.3. The highest BCUT2D eigenvalue weighted by atomic mass is 16.5. The van der Waals surface area contributed by atoms with Gasteiger partial charge in [0.2, 0.25) is 0 Å². The second kappa shape index (κ2) is 8.59. The minimum absolute atomic E-state index is 0.130. The van der Waals surface area contributed by atoms with Gasteiger partial charge in [-0.3, -0.25) is 9.36 Å². The quantitative estimate of drug-likeness (QED) is 0.407. The van der Waals surface area contributed by atoms with Crippen molar-refractivity contribution in [3.05, 3.63) is 64.3 Å². The Morgan fingerprint density at radius 3 is 2.58 bits per heavy atom. The first-order valence-corrected chi connectivity index (χ1v) is 10.2. The van der Waals surface area contributed by atoms with Crippen LogP contribution in [0.4, 0.5) is 0 Å². The number of carbonyl (C=O) groups is 1. The molecular formula is C23H24N4O4. The van der Waals surface area contributed by atoms with Crippen molar-refractivity contribution in [1.29, 1.82) is 0 Å². The zero-order valence-corrected chi connectivity index (χ0v) is 17.8. The van der Waals surface area contributed by atoms with Crippen molar-refractivity contribution < 1.29 is 14.3 Å². The highest BCUT2D eigenvalue weighted by Crippen LogP contribution is 2.28. The number of unbranched alkanes of at least 4 members (excludes halogenated alkanes) is 1. The number of fused-ring (bicyclic) bond motifs is 3. The number of hydrogen-bond acceptors (Lipinski definition) is 6. The van der Waals surface area contributed by atoms with Gasteiger partial charge in [-0.15, -0.1) is 5.10 Å². The number of methoxy groups -OCH3 is 2. The highest BCUT2D eigenvalue weighted by molar-refractivity contribution is 5.98. The molecule has 0 N–H and O–H groups in total. The van der Waals surface area contributed by atoms with Crippen LogP contribution in [0.25, 0.3) is 16.6 Å². The number of carbonyl (C=O) groups excluding carboxylic acids is 1. The van der Waals surface area contributed by atoms with Crippen LogP contribution in [-0.4, -0.2) is 39.2 Å². The van der Waals surface area contributed by atoms with Crippen LogP contribution in [0.3, 0.4) is 0 Å². The van der Waals surface area contributed by atoms with E-state index < -0.39 is 5.69 Å². The summed E-state index contributed by atoms with van der Waals surface area (Å²) in [6, 6.07) is 12.4. The second-order valence-corrected chi connectivity index (χ2v) is 7.25. The van der Waals surface area contributed by atoms with Gasteiger partial charge in [-0.05, 0) is 36.8 Å². The summed E-state index contributed by atoms with van der Waals surface area (Å²) in [7, 11) is 3.05. The van der Waals surface area contributed by atoms with Gasteiger partial charge in [-0.25, -0.2) is 9.78 Å². The Balaban J connectivity index is 1.80. The number of para-hydroxylation sites is 1. The number of aryl methyl sites for hydroxylation is 1. The van der Waals surface area contributed by atoms with E-state index in [9.17, 15) is 9.59 Å². The number of rotatable bonds is 8. The molecule has 160 valence electrons. The van der Waals surface area contributed by atoms with E-state index in [0.717, 1.165) is 18.2 Å². The first kappa shape index (κ1) is 20.6. The molecule has 8 heteroatoms. The van der Waals surface area contributed by atoms with Crippen LogP contribution >= 0.6 is 0 Å². The van der Waals surface area contributed by atoms with Gasteiger partial charge in [0.25, 0.3) is 0 Å². The lowest BCUT2D eigenvalue weighted by Gasteiger charge is -2.12. The molecule has 4 aromatic rings. The highest BCUT2D eigenvalue weighted by Gasteiger charge is 2.18. The van der Waals surface area contributed by atoms with Crippen LogP contribution in [0.2, 0.25) is 0 Å². The molecular weight excluding hydrogens is 396 g/mol. The van der Waals surface area contributed by atoms with Crippen LogP contribution in [0, 0.1) is 0 Å². The normalized spacial score (nSPS) is 11.2. The third kappa shape index (κ3) is 3.76. The Kier molecular flexibility index (Phi) is 5.70. The summed E-state index contributed by atoms with van der Waals surface area (Å²) in [5, 5.41) is 5.19. The first-order chi connectivity index (χ1) is 15.1. The molecule has 0 saturated carbocycles. The molecule has 0 aliphatic heterocycles. The summed E-state index contributed by atoms with van der Waals surface area (Å²) in [5.41, 5.74) is 1.19. The molecule has 0 fully saturated rings. The molecule has 2 aromatic heterocycles. The SMILES string of the molecule is CCCCc1nc2c3ccccc3n(CC(=O)c3ccc(OC)c(OC)c3)c(=O)n2n1. The Morgan fingerprint density at radius 2 is 1.84 bits per heavy atom. The lowest BCUT2D eigenvalue weighted by Crippen LogP contribution is -2.30. The fraction of sp³-hybridized carbons (Fsp3) is 0.304. The molecule has 4 rings (SSSR count). The molecule has 0 radical (unpaired) electrons. The Labute approximate surface area is 179 Å². The van der Waals surface area contributed by atoms with Gasteiger partial charge in [0.1, 0.15) is 0 Å². The molecule has 0 aliphatic rings. The average molecular weight is 420 g/mol. The maximum absolute atomic E-state index is 13.2. The lowest BCUT2D eigenvalue weighted by atomic mass is 10.1. The predicted octanol–water partition coefficient (Wildman–Crippen LogP) is 3.29. The summed E-state index contributed by atoms with van der Waals surface area (Å²) in [5.74, 6) is 1.40. The number of ether oxygens (including phenoxy) is 2. The van der Waals surface area contributed by atoms with E-state index in [1.165, 1.54) is 23.3 Å². The summed E-state index contributed by atoms with van der Waals surface area (Å²) in [4.78, 5) is 30.9. The summed E-state index contributed by atoms with van der Waals surface area (Å²) >= 11 is 0. The van der Waals surface area contributed by atoms with E-state index in [0.29, 0.717) is 40.5 Å². The van der Waals surface area contributed by atoms with Crippen molar-refractivity contribution in [2.45, 2.75) is 32.7 Å². The van der Waals surface area contributed by atoms with Gasteiger partial charge in [-0.1, -0.05) is 25.5 Å². The summed E-state index contributed by atoms with van der Waals surface area (Å²) in [6.07, 6.45) is 2.66. The average Bonchev–Trinajstić information content (AvgIpc) is 3.24. The number of benzene rings is 2. The van der Waals surface area contributed by atoms with Crippen LogP contribution in [0.15, 0.2) is 47.3 Å². The molecule has 0 unspecified atom stereocenters. The van der Waals surface area contributed by atoms with Crippen LogP contribution in [0.5, 0.6) is 11.5 Å². The fourth-order valence-corrected chi connectivity index (χ4v) is 3.62. The molecule has 0 amide bonds. The monoisotopic (exact) mass is 420 g/mol. The van der Waals surface area contributed by atoms with Gasteiger partial charge in [0.15, 0.2) is 28.8 Å². The van der Waals surface area contributed by atoms with Crippen molar-refractivity contribution in [3.63, 3.8) is 0 Å². The van der Waals surface area contributed by atoms with Crippen LogP contribution in [-0.2, 0) is 13.0 Å². The molecule has 8 nitrogen and oxygen atoms in total. The van der Waals surface area contributed by atoms with Gasteiger partial charge in [-0.2, -0.15) is 4.52 Å². The van der Waals surface area contributed by atoms with Crippen molar-refractivity contribution >= 4 is 22.3 Å². The van der Waals surface area contributed by atoms with Gasteiger partial charge < -0.3 is 9.47 Å². The first-order valence-electron chi connectivity index (χ1n) is 10.2. The Bertz CT molecular complexity index is 1320. The van der Waals surface area contributed by atoms with E-state index in [2.05, 4.69) is 17.0 Å². The maximum atomic E-state index is 13.2. The molecule has 2 heterocycles. The number of hydrogen-bond donors (Lipinski definition) is 0. The molecule has 0 bridgehead atoms. The minimum atomic E-state index is -0.391. The minimum Gasteiger partial charge on any atom is -0.493 e. The van der Waals surface area contributed by atoms with Crippen molar-refractivity contribution in [1.82, 2.24) is 19.2 Å². The smallest absolute Gasteiger partial charge is 0.351 e. The largest absolute Gasteiger partial charge is 0.493 e. The maximum Gasteiger partial charge on any atom is 0.351 e. The van der Waals surface area contributed by atoms with E-state index in [1.54, 1.807) is 18.2 Å². The van der Waals surface area contributed by atoms with Crippen LogP contribution in [0.1, 0.15) is 35.9 Å². The molecule has 2 aromatic carbocycles. The third-order valence-electron chi connectivity index (χ3n) is 5.26. The molecule has 0 spiro atoms. The van der Waals surface area contributed by atoms with Crippen molar-refractivity contribution in [2.24, 2.45) is 0 Å². The molecule has 0 aliphatic carbocycles. The van der Waals surface area contributed by atoms with E-state index in [4.69, 9.17) is 9.47 Å². The van der Waals surface area contributed by atoms with Gasteiger partial charge in [0.05, 0.1) is 26.3 Å². The number of aromatic nitrogens is 4. The van der Waals surface area contributed by atoms with E-state index in [-0.39, 0.29) is 12.3 Å². The number of Topliss-reactive ketones (excluding diaryl/α,β-unsaturated/α-hetero) is 1. The number of ketones is 1. The standard InChI is InChI=1S/C23H24N4O4/c1-4-5-10-21-24-22-16-8-6-7-9-17(16)26(23(29)27(22)25-21)14-18(28)15-11-12-19(30-2)20(13-15)31-3/h6-9,11-13H,4-5,10,14H2,1-3H3. The van der Waals surface area contributed by atoms with Crippen molar-refractivity contribution in [3.8, 4) is 11.5 Å². The Hall–Kier alpha value is -3.68. The molecule has 0 saturated heterocycles. The Morgan fingerprint density at radius 1 is 1.06 bits per heavy atom. The van der Waals surface area contributed by atoms with Gasteiger partial charge >= 0.3 is 5.69 Å². The van der Waals surface area contributed by atoms with Gasteiger partial charge in [0, 0.05) is 17.4 Å². The second-order valence-electron chi connectivity index (χ2n) is 7.25. The lowest BCUT2D eigenvalue weighted by molar-refractivity contribution is 0.0971. The molecule has 0 atom stereocenters. The summed E-state index contributed by atoms with van der Waals surface area (Å²) in [6.45, 7) is 1.97. The molecule has 31 heavy (non-hydrogen) atoms. The zero-order valence-electron chi connectivity index (χ0n) is 17.8. The van der Waals surface area contributed by atoms with Crippen LogP contribution < -0.4 is 15.2 Å². The number of nitrogens with zero attached hydrogens (tertiary/aromatic N) is 4. The van der Waals surface area contributed by atoms with E-state index in [1.807, 2.05) is 24.3 Å².